The second-order valence-corrected chi connectivity index (χ2v) is 3.38. The molecule has 0 aliphatic carbocycles. The van der Waals surface area contributed by atoms with Crippen LogP contribution in [-0.2, 0) is 11.2 Å². The Morgan fingerprint density at radius 1 is 1.58 bits per heavy atom. The highest BCUT2D eigenvalue weighted by atomic mass is 32.1. The van der Waals surface area contributed by atoms with Crippen molar-refractivity contribution in [3.05, 3.63) is 21.9 Å². The van der Waals surface area contributed by atoms with Crippen molar-refractivity contribution in [2.75, 3.05) is 0 Å². The van der Waals surface area contributed by atoms with Gasteiger partial charge >= 0.3 is 5.97 Å². The first-order valence-electron chi connectivity index (χ1n) is 3.40. The number of Topliss-reactive ketones (excluding diaryl/α,β-unsaturated/α-hetero) is 1. The van der Waals surface area contributed by atoms with Gasteiger partial charge in [0, 0.05) is 6.42 Å². The molecule has 1 N–H and O–H groups in total. The normalized spacial score (nSPS) is 9.75. The molecule has 0 spiro atoms. The summed E-state index contributed by atoms with van der Waals surface area (Å²) in [5.41, 5.74) is 0.611. The van der Waals surface area contributed by atoms with Crippen LogP contribution in [0, 0.1) is 0 Å². The molecule has 1 aromatic rings. The van der Waals surface area contributed by atoms with Gasteiger partial charge in [-0.3, -0.25) is 4.79 Å². The lowest BCUT2D eigenvalue weighted by Crippen LogP contribution is -2.02. The molecule has 64 valence electrons. The third-order valence-electron chi connectivity index (χ3n) is 1.38. The molecule has 0 amide bonds. The summed E-state index contributed by atoms with van der Waals surface area (Å²) in [5, 5.41) is 10.3. The van der Waals surface area contributed by atoms with Crippen LogP contribution in [0.3, 0.4) is 0 Å². The highest BCUT2D eigenvalue weighted by Gasteiger charge is 2.12. The van der Waals surface area contributed by atoms with Crippen molar-refractivity contribution < 1.29 is 14.7 Å². The number of carbonyl (C=O) groups is 2. The highest BCUT2D eigenvalue weighted by Crippen LogP contribution is 2.17. The zero-order chi connectivity index (χ0) is 9.14. The summed E-state index contributed by atoms with van der Waals surface area (Å²) in [5.74, 6) is -0.975. The third kappa shape index (κ3) is 1.92. The van der Waals surface area contributed by atoms with Crippen LogP contribution in [-0.4, -0.2) is 16.9 Å². The SMILES string of the molecule is CC(=O)Cc1ccsc1C(=O)O. The fourth-order valence-electron chi connectivity index (χ4n) is 0.931. The Kier molecular flexibility index (Phi) is 2.60. The van der Waals surface area contributed by atoms with Crippen molar-refractivity contribution in [2.24, 2.45) is 0 Å². The lowest BCUT2D eigenvalue weighted by molar-refractivity contribution is -0.116. The number of thiophene rings is 1. The minimum Gasteiger partial charge on any atom is -0.477 e. The van der Waals surface area contributed by atoms with Crippen LogP contribution in [0.4, 0.5) is 0 Å². The molecular formula is C8H8O3S. The molecule has 0 atom stereocenters. The van der Waals surface area contributed by atoms with Gasteiger partial charge < -0.3 is 5.11 Å². The van der Waals surface area contributed by atoms with Crippen molar-refractivity contribution in [1.29, 1.82) is 0 Å². The summed E-state index contributed by atoms with van der Waals surface area (Å²) in [7, 11) is 0. The first-order valence-corrected chi connectivity index (χ1v) is 4.28. The maximum atomic E-state index is 10.7. The Labute approximate surface area is 73.6 Å². The number of hydrogen-bond acceptors (Lipinski definition) is 3. The molecule has 0 radical (unpaired) electrons. The first-order chi connectivity index (χ1) is 5.61. The van der Waals surface area contributed by atoms with Crippen LogP contribution in [0.1, 0.15) is 22.2 Å². The predicted octanol–water partition coefficient (Wildman–Crippen LogP) is 1.58. The van der Waals surface area contributed by atoms with Gasteiger partial charge in [0.2, 0.25) is 0 Å². The van der Waals surface area contributed by atoms with Gasteiger partial charge in [0.05, 0.1) is 0 Å². The largest absolute Gasteiger partial charge is 0.477 e. The van der Waals surface area contributed by atoms with Gasteiger partial charge in [0.1, 0.15) is 10.7 Å². The van der Waals surface area contributed by atoms with E-state index in [0.717, 1.165) is 11.3 Å². The van der Waals surface area contributed by atoms with E-state index in [4.69, 9.17) is 5.11 Å². The predicted molar refractivity (Wildman–Crippen MR) is 45.7 cm³/mol. The Bertz CT molecular complexity index is 314. The van der Waals surface area contributed by atoms with Gasteiger partial charge in [-0.25, -0.2) is 4.79 Å². The Morgan fingerprint density at radius 3 is 2.75 bits per heavy atom. The van der Waals surface area contributed by atoms with Crippen molar-refractivity contribution in [1.82, 2.24) is 0 Å². The molecule has 0 aliphatic heterocycles. The van der Waals surface area contributed by atoms with Crippen molar-refractivity contribution in [3.63, 3.8) is 0 Å². The molecule has 0 bridgehead atoms. The van der Waals surface area contributed by atoms with E-state index in [1.165, 1.54) is 6.92 Å². The van der Waals surface area contributed by atoms with Gasteiger partial charge in [-0.15, -0.1) is 11.3 Å². The monoisotopic (exact) mass is 184 g/mol. The average molecular weight is 184 g/mol. The number of carbonyl (C=O) groups excluding carboxylic acids is 1. The van der Waals surface area contributed by atoms with E-state index in [9.17, 15) is 9.59 Å². The Hall–Kier alpha value is -1.16. The molecule has 3 nitrogen and oxygen atoms in total. The van der Waals surface area contributed by atoms with Crippen LogP contribution < -0.4 is 0 Å². The van der Waals surface area contributed by atoms with Crippen molar-refractivity contribution >= 4 is 23.1 Å². The van der Waals surface area contributed by atoms with Crippen LogP contribution in [0.15, 0.2) is 11.4 Å². The lowest BCUT2D eigenvalue weighted by atomic mass is 10.1. The summed E-state index contributed by atoms with van der Waals surface area (Å²) in [6, 6.07) is 1.68. The van der Waals surface area contributed by atoms with Crippen LogP contribution in [0.25, 0.3) is 0 Å². The van der Waals surface area contributed by atoms with Gasteiger partial charge in [-0.1, -0.05) is 0 Å². The molecule has 0 fully saturated rings. The molecule has 0 saturated carbocycles. The van der Waals surface area contributed by atoms with Gasteiger partial charge in [-0.2, -0.15) is 0 Å². The number of aromatic carboxylic acids is 1. The third-order valence-corrected chi connectivity index (χ3v) is 2.33. The van der Waals surface area contributed by atoms with E-state index < -0.39 is 5.97 Å². The molecule has 0 aliphatic rings. The van der Waals surface area contributed by atoms with Crippen molar-refractivity contribution in [2.45, 2.75) is 13.3 Å². The summed E-state index contributed by atoms with van der Waals surface area (Å²) in [6.07, 6.45) is 0.213. The van der Waals surface area contributed by atoms with Gasteiger partial charge in [0.25, 0.3) is 0 Å². The number of carboxylic acid groups (broad SMARTS) is 1. The van der Waals surface area contributed by atoms with E-state index in [1.807, 2.05) is 0 Å². The van der Waals surface area contributed by atoms with E-state index in [2.05, 4.69) is 0 Å². The molecule has 4 heteroatoms. The maximum Gasteiger partial charge on any atom is 0.346 e. The molecule has 1 rings (SSSR count). The second-order valence-electron chi connectivity index (χ2n) is 2.46. The molecule has 12 heavy (non-hydrogen) atoms. The van der Waals surface area contributed by atoms with Gasteiger partial charge in [0.15, 0.2) is 0 Å². The second kappa shape index (κ2) is 3.49. The minimum absolute atomic E-state index is 0.0177. The average Bonchev–Trinajstić information content (AvgIpc) is 2.33. The summed E-state index contributed by atoms with van der Waals surface area (Å²) in [6.45, 7) is 1.45. The minimum atomic E-state index is -0.957. The van der Waals surface area contributed by atoms with Gasteiger partial charge in [-0.05, 0) is 23.9 Å². The fraction of sp³-hybridized carbons (Fsp3) is 0.250. The molecule has 0 saturated heterocycles. The molecule has 1 aromatic heterocycles. The van der Waals surface area contributed by atoms with Crippen LogP contribution >= 0.6 is 11.3 Å². The highest BCUT2D eigenvalue weighted by molar-refractivity contribution is 7.12. The fourth-order valence-corrected chi connectivity index (χ4v) is 1.69. The Morgan fingerprint density at radius 2 is 2.25 bits per heavy atom. The number of carboxylic acids is 1. The number of ketones is 1. The van der Waals surface area contributed by atoms with Crippen molar-refractivity contribution in [3.8, 4) is 0 Å². The van der Waals surface area contributed by atoms with E-state index in [0.29, 0.717) is 5.56 Å². The molecule has 1 heterocycles. The molecule has 0 unspecified atom stereocenters. The van der Waals surface area contributed by atoms with E-state index in [1.54, 1.807) is 11.4 Å². The maximum absolute atomic E-state index is 10.7. The summed E-state index contributed by atoms with van der Waals surface area (Å²) in [4.78, 5) is 21.5. The lowest BCUT2D eigenvalue weighted by Gasteiger charge is -1.94. The standard InChI is InChI=1S/C8H8O3S/c1-5(9)4-6-2-3-12-7(6)8(10)11/h2-3H,4H2,1H3,(H,10,11). The van der Waals surface area contributed by atoms with Crippen LogP contribution in [0.2, 0.25) is 0 Å². The summed E-state index contributed by atoms with van der Waals surface area (Å²) < 4.78 is 0. The topological polar surface area (TPSA) is 54.4 Å². The quantitative estimate of drug-likeness (QED) is 0.775. The zero-order valence-corrected chi connectivity index (χ0v) is 7.35. The molecule has 0 aromatic carbocycles. The Balaban J connectivity index is 2.91. The zero-order valence-electron chi connectivity index (χ0n) is 6.53. The smallest absolute Gasteiger partial charge is 0.346 e. The van der Waals surface area contributed by atoms with Crippen LogP contribution in [0.5, 0.6) is 0 Å². The van der Waals surface area contributed by atoms with E-state index >= 15 is 0 Å². The number of rotatable bonds is 3. The summed E-state index contributed by atoms with van der Waals surface area (Å²) >= 11 is 1.15. The number of hydrogen-bond donors (Lipinski definition) is 1. The van der Waals surface area contributed by atoms with E-state index in [-0.39, 0.29) is 17.1 Å². The first kappa shape index (κ1) is 8.93. The molecular weight excluding hydrogens is 176 g/mol.